The first-order valence-corrected chi connectivity index (χ1v) is 6.15. The van der Waals surface area contributed by atoms with Gasteiger partial charge in [0.2, 0.25) is 5.91 Å². The van der Waals surface area contributed by atoms with Crippen LogP contribution >= 0.6 is 0 Å². The first kappa shape index (κ1) is 11.3. The first-order valence-electron chi connectivity index (χ1n) is 6.15. The molecule has 1 N–H and O–H groups in total. The van der Waals surface area contributed by atoms with Gasteiger partial charge in [-0.2, -0.15) is 0 Å². The summed E-state index contributed by atoms with van der Waals surface area (Å²) in [4.78, 5) is 24.6. The number of aliphatic carboxylic acids is 1. The summed E-state index contributed by atoms with van der Waals surface area (Å²) in [5.41, 5.74) is 2.29. The maximum Gasteiger partial charge on any atom is 0.307 e. The Hall–Kier alpha value is -1.84. The summed E-state index contributed by atoms with van der Waals surface area (Å²) >= 11 is 0. The molecule has 3 unspecified atom stereocenters. The van der Waals surface area contributed by atoms with E-state index in [-0.39, 0.29) is 17.7 Å². The van der Waals surface area contributed by atoms with Crippen LogP contribution in [-0.2, 0) is 16.1 Å². The lowest BCUT2D eigenvalue weighted by Gasteiger charge is -2.19. The van der Waals surface area contributed by atoms with E-state index in [9.17, 15) is 9.59 Å². The third kappa shape index (κ3) is 1.68. The van der Waals surface area contributed by atoms with Crippen LogP contribution in [0.5, 0.6) is 0 Å². The van der Waals surface area contributed by atoms with Crippen molar-refractivity contribution in [3.05, 3.63) is 35.4 Å². The number of benzene rings is 1. The van der Waals surface area contributed by atoms with E-state index < -0.39 is 11.9 Å². The minimum Gasteiger partial charge on any atom is -0.481 e. The molecule has 0 bridgehead atoms. The number of fused-ring (bicyclic) bond motifs is 1. The van der Waals surface area contributed by atoms with Crippen LogP contribution in [0.25, 0.3) is 0 Å². The van der Waals surface area contributed by atoms with E-state index in [1.807, 2.05) is 31.2 Å². The third-order valence-electron chi connectivity index (χ3n) is 3.98. The monoisotopic (exact) mass is 245 g/mol. The molecule has 0 spiro atoms. The van der Waals surface area contributed by atoms with Gasteiger partial charge in [-0.3, -0.25) is 9.59 Å². The number of carbonyl (C=O) groups is 2. The van der Waals surface area contributed by atoms with Crippen LogP contribution in [0, 0.1) is 24.7 Å². The molecule has 2 aliphatic rings. The van der Waals surface area contributed by atoms with Crippen molar-refractivity contribution in [2.24, 2.45) is 17.8 Å². The van der Waals surface area contributed by atoms with Gasteiger partial charge in [0.25, 0.3) is 0 Å². The van der Waals surface area contributed by atoms with Crippen LogP contribution in [0.2, 0.25) is 0 Å². The normalized spacial score (nSPS) is 29.3. The number of carboxylic acid groups (broad SMARTS) is 1. The summed E-state index contributed by atoms with van der Waals surface area (Å²) in [6, 6.07) is 8.08. The zero-order valence-electron chi connectivity index (χ0n) is 10.2. The molecule has 1 aromatic rings. The molecule has 1 saturated heterocycles. The van der Waals surface area contributed by atoms with Gasteiger partial charge in [-0.05, 0) is 12.5 Å². The lowest BCUT2D eigenvalue weighted by molar-refractivity contribution is -0.143. The Kier molecular flexibility index (Phi) is 2.40. The fraction of sp³-hybridized carbons (Fsp3) is 0.429. The molecule has 18 heavy (non-hydrogen) atoms. The molecule has 1 saturated carbocycles. The van der Waals surface area contributed by atoms with Gasteiger partial charge in [0, 0.05) is 19.0 Å². The lowest BCUT2D eigenvalue weighted by atomic mass is 10.1. The first-order chi connectivity index (χ1) is 8.58. The SMILES string of the molecule is Cc1ccc(CN2CC3C(C(=O)O)C3C2=O)cc1. The van der Waals surface area contributed by atoms with Crippen molar-refractivity contribution in [2.75, 3.05) is 6.54 Å². The van der Waals surface area contributed by atoms with Crippen molar-refractivity contribution < 1.29 is 14.7 Å². The highest BCUT2D eigenvalue weighted by molar-refractivity contribution is 5.93. The van der Waals surface area contributed by atoms with E-state index in [2.05, 4.69) is 0 Å². The van der Waals surface area contributed by atoms with Crippen LogP contribution in [0.3, 0.4) is 0 Å². The van der Waals surface area contributed by atoms with E-state index in [1.165, 1.54) is 5.56 Å². The van der Waals surface area contributed by atoms with Crippen molar-refractivity contribution in [1.29, 1.82) is 0 Å². The Morgan fingerprint density at radius 3 is 2.56 bits per heavy atom. The summed E-state index contributed by atoms with van der Waals surface area (Å²) in [6.45, 7) is 3.21. The molecule has 1 aliphatic heterocycles. The van der Waals surface area contributed by atoms with Crippen molar-refractivity contribution in [1.82, 2.24) is 4.90 Å². The van der Waals surface area contributed by atoms with Gasteiger partial charge >= 0.3 is 5.97 Å². The lowest BCUT2D eigenvalue weighted by Crippen LogP contribution is -2.30. The second-order valence-electron chi connectivity index (χ2n) is 5.26. The molecule has 3 rings (SSSR count). The van der Waals surface area contributed by atoms with Crippen LogP contribution in [0.1, 0.15) is 11.1 Å². The van der Waals surface area contributed by atoms with Gasteiger partial charge in [-0.15, -0.1) is 0 Å². The smallest absolute Gasteiger partial charge is 0.307 e. The van der Waals surface area contributed by atoms with E-state index in [1.54, 1.807) is 4.90 Å². The molecule has 94 valence electrons. The average molecular weight is 245 g/mol. The minimum atomic E-state index is -0.826. The number of amides is 1. The predicted octanol–water partition coefficient (Wildman–Crippen LogP) is 1.28. The largest absolute Gasteiger partial charge is 0.481 e. The quantitative estimate of drug-likeness (QED) is 0.872. The topological polar surface area (TPSA) is 57.6 Å². The molecule has 1 amide bonds. The fourth-order valence-corrected chi connectivity index (χ4v) is 2.89. The summed E-state index contributed by atoms with van der Waals surface area (Å²) in [5.74, 6) is -1.46. The highest BCUT2D eigenvalue weighted by Gasteiger charge is 2.64. The third-order valence-corrected chi connectivity index (χ3v) is 3.98. The Morgan fingerprint density at radius 2 is 2.06 bits per heavy atom. The number of rotatable bonds is 3. The second-order valence-corrected chi connectivity index (χ2v) is 5.26. The fourth-order valence-electron chi connectivity index (χ4n) is 2.89. The van der Waals surface area contributed by atoms with Gasteiger partial charge in [0.15, 0.2) is 0 Å². The van der Waals surface area contributed by atoms with Crippen molar-refractivity contribution in [3.63, 3.8) is 0 Å². The average Bonchev–Trinajstić information content (AvgIpc) is 2.96. The molecule has 0 radical (unpaired) electrons. The molecule has 1 heterocycles. The van der Waals surface area contributed by atoms with Crippen LogP contribution < -0.4 is 0 Å². The number of carbonyl (C=O) groups excluding carboxylic acids is 1. The number of nitrogens with zero attached hydrogens (tertiary/aromatic N) is 1. The highest BCUT2D eigenvalue weighted by Crippen LogP contribution is 2.52. The second kappa shape index (κ2) is 3.83. The summed E-state index contributed by atoms with van der Waals surface area (Å²) in [7, 11) is 0. The molecular formula is C14H15NO3. The Balaban J connectivity index is 1.66. The Labute approximate surface area is 105 Å². The van der Waals surface area contributed by atoms with E-state index in [4.69, 9.17) is 5.11 Å². The molecule has 3 atom stereocenters. The zero-order chi connectivity index (χ0) is 12.9. The Bertz CT molecular complexity index is 508. The molecule has 0 aromatic heterocycles. The van der Waals surface area contributed by atoms with Gasteiger partial charge in [0.1, 0.15) is 0 Å². The van der Waals surface area contributed by atoms with E-state index in [0.717, 1.165) is 5.56 Å². The number of hydrogen-bond acceptors (Lipinski definition) is 2. The predicted molar refractivity (Wildman–Crippen MR) is 64.7 cm³/mol. The Morgan fingerprint density at radius 1 is 1.39 bits per heavy atom. The molecular weight excluding hydrogens is 230 g/mol. The maximum absolute atomic E-state index is 12.0. The highest BCUT2D eigenvalue weighted by atomic mass is 16.4. The minimum absolute atomic E-state index is 0.00738. The number of aryl methyl sites for hydroxylation is 1. The number of piperidine rings is 1. The van der Waals surface area contributed by atoms with Crippen molar-refractivity contribution in [2.45, 2.75) is 13.5 Å². The van der Waals surface area contributed by atoms with Crippen LogP contribution in [0.15, 0.2) is 24.3 Å². The van der Waals surface area contributed by atoms with E-state index >= 15 is 0 Å². The number of hydrogen-bond donors (Lipinski definition) is 1. The molecule has 2 fully saturated rings. The number of likely N-dealkylation sites (tertiary alicyclic amines) is 1. The van der Waals surface area contributed by atoms with Gasteiger partial charge in [-0.1, -0.05) is 29.8 Å². The van der Waals surface area contributed by atoms with Crippen LogP contribution in [0.4, 0.5) is 0 Å². The summed E-state index contributed by atoms with van der Waals surface area (Å²) < 4.78 is 0. The molecule has 1 aliphatic carbocycles. The van der Waals surface area contributed by atoms with Gasteiger partial charge in [-0.25, -0.2) is 0 Å². The summed E-state index contributed by atoms with van der Waals surface area (Å²) in [6.07, 6.45) is 0. The van der Waals surface area contributed by atoms with Crippen LogP contribution in [-0.4, -0.2) is 28.4 Å². The van der Waals surface area contributed by atoms with Crippen molar-refractivity contribution >= 4 is 11.9 Å². The van der Waals surface area contributed by atoms with Crippen molar-refractivity contribution in [3.8, 4) is 0 Å². The maximum atomic E-state index is 12.0. The number of carboxylic acids is 1. The van der Waals surface area contributed by atoms with Gasteiger partial charge < -0.3 is 10.0 Å². The standard InChI is InChI=1S/C14H15NO3/c1-8-2-4-9(5-3-8)6-15-7-10-11(13(15)16)12(10)14(17)18/h2-5,10-12H,6-7H2,1H3,(H,17,18). The molecule has 4 nitrogen and oxygen atoms in total. The van der Waals surface area contributed by atoms with Gasteiger partial charge in [0.05, 0.1) is 11.8 Å². The zero-order valence-corrected chi connectivity index (χ0v) is 10.2. The summed E-state index contributed by atoms with van der Waals surface area (Å²) in [5, 5.41) is 8.91. The van der Waals surface area contributed by atoms with E-state index in [0.29, 0.717) is 13.1 Å². The molecule has 1 aromatic carbocycles. The molecule has 4 heteroatoms.